The number of rotatable bonds is 5. The molecule has 3 rings (SSSR count). The molecule has 0 atom stereocenters. The molecule has 0 saturated heterocycles. The third-order valence-electron chi connectivity index (χ3n) is 3.53. The minimum Gasteiger partial charge on any atom is -0.380 e. The number of carbonyl (C=O) groups is 1. The third kappa shape index (κ3) is 3.23. The van der Waals surface area contributed by atoms with E-state index in [4.69, 9.17) is 0 Å². The summed E-state index contributed by atoms with van der Waals surface area (Å²) in [6.45, 7) is 0.694. The molecule has 0 aliphatic rings. The molecular weight excluding hydrogens is 270 g/mol. The molecule has 22 heavy (non-hydrogen) atoms. The van der Waals surface area contributed by atoms with Gasteiger partial charge in [-0.05, 0) is 17.7 Å². The Labute approximate surface area is 130 Å². The molecule has 0 radical (unpaired) electrons. The fraction of sp³-hybridized carbons (Fsp3) is 0.0500. The second-order valence-electron chi connectivity index (χ2n) is 5.08. The van der Waals surface area contributed by atoms with Crippen LogP contribution in [0.2, 0.25) is 0 Å². The van der Waals surface area contributed by atoms with Crippen LogP contribution in [0.25, 0.3) is 0 Å². The smallest absolute Gasteiger partial charge is 0.195 e. The van der Waals surface area contributed by atoms with Gasteiger partial charge in [0.2, 0.25) is 0 Å². The van der Waals surface area contributed by atoms with E-state index in [9.17, 15) is 4.79 Å². The van der Waals surface area contributed by atoms with Crippen LogP contribution in [0.3, 0.4) is 0 Å². The monoisotopic (exact) mass is 287 g/mol. The molecule has 2 nitrogen and oxygen atoms in total. The standard InChI is InChI=1S/C20H17NO/c22-20(17-11-5-2-6-12-17)18-13-7-8-14-19(18)21-15-16-9-3-1-4-10-16/h1-14,21H,15H2. The van der Waals surface area contributed by atoms with Gasteiger partial charge in [0.05, 0.1) is 0 Å². The van der Waals surface area contributed by atoms with E-state index in [0.717, 1.165) is 5.69 Å². The Bertz CT molecular complexity index is 751. The molecule has 0 heterocycles. The van der Waals surface area contributed by atoms with Gasteiger partial charge in [0, 0.05) is 23.4 Å². The number of benzene rings is 3. The van der Waals surface area contributed by atoms with Gasteiger partial charge < -0.3 is 5.32 Å². The number of nitrogens with one attached hydrogen (secondary N) is 1. The summed E-state index contributed by atoms with van der Waals surface area (Å²) in [4.78, 5) is 12.6. The van der Waals surface area contributed by atoms with Crippen molar-refractivity contribution in [3.05, 3.63) is 102 Å². The topological polar surface area (TPSA) is 29.1 Å². The summed E-state index contributed by atoms with van der Waals surface area (Å²) >= 11 is 0. The van der Waals surface area contributed by atoms with Gasteiger partial charge in [-0.1, -0.05) is 72.8 Å². The van der Waals surface area contributed by atoms with Crippen LogP contribution in [0.4, 0.5) is 5.69 Å². The van der Waals surface area contributed by atoms with Crippen molar-refractivity contribution in [3.8, 4) is 0 Å². The van der Waals surface area contributed by atoms with Crippen molar-refractivity contribution in [1.29, 1.82) is 0 Å². The lowest BCUT2D eigenvalue weighted by Crippen LogP contribution is -2.07. The zero-order chi connectivity index (χ0) is 15.2. The summed E-state index contributed by atoms with van der Waals surface area (Å²) in [7, 11) is 0. The van der Waals surface area contributed by atoms with Crippen LogP contribution in [0.5, 0.6) is 0 Å². The summed E-state index contributed by atoms with van der Waals surface area (Å²) in [6, 6.07) is 27.2. The largest absolute Gasteiger partial charge is 0.380 e. The second-order valence-corrected chi connectivity index (χ2v) is 5.08. The van der Waals surface area contributed by atoms with Crippen LogP contribution in [-0.4, -0.2) is 5.78 Å². The third-order valence-corrected chi connectivity index (χ3v) is 3.53. The van der Waals surface area contributed by atoms with Gasteiger partial charge >= 0.3 is 0 Å². The molecule has 0 fully saturated rings. The maximum atomic E-state index is 12.6. The van der Waals surface area contributed by atoms with Gasteiger partial charge in [0.25, 0.3) is 0 Å². The molecule has 0 amide bonds. The van der Waals surface area contributed by atoms with E-state index < -0.39 is 0 Å². The summed E-state index contributed by atoms with van der Waals surface area (Å²) in [5, 5.41) is 3.36. The van der Waals surface area contributed by atoms with Gasteiger partial charge in [-0.25, -0.2) is 0 Å². The summed E-state index contributed by atoms with van der Waals surface area (Å²) in [5.41, 5.74) is 3.45. The zero-order valence-electron chi connectivity index (χ0n) is 12.2. The molecule has 0 bridgehead atoms. The van der Waals surface area contributed by atoms with Crippen molar-refractivity contribution in [2.75, 3.05) is 5.32 Å². The predicted molar refractivity (Wildman–Crippen MR) is 90.1 cm³/mol. The lowest BCUT2D eigenvalue weighted by molar-refractivity contribution is 0.103. The van der Waals surface area contributed by atoms with Crippen LogP contribution < -0.4 is 5.32 Å². The highest BCUT2D eigenvalue weighted by Gasteiger charge is 2.12. The van der Waals surface area contributed by atoms with E-state index in [2.05, 4.69) is 17.4 Å². The summed E-state index contributed by atoms with van der Waals surface area (Å²) < 4.78 is 0. The Morgan fingerprint density at radius 2 is 1.32 bits per heavy atom. The Balaban J connectivity index is 1.82. The molecule has 1 N–H and O–H groups in total. The van der Waals surface area contributed by atoms with E-state index in [-0.39, 0.29) is 5.78 Å². The SMILES string of the molecule is O=C(c1ccccc1)c1ccccc1NCc1ccccc1. The van der Waals surface area contributed by atoms with E-state index in [0.29, 0.717) is 17.7 Å². The Kier molecular flexibility index (Phi) is 4.30. The quantitative estimate of drug-likeness (QED) is 0.698. The predicted octanol–water partition coefficient (Wildman–Crippen LogP) is 4.53. The number of para-hydroxylation sites is 1. The van der Waals surface area contributed by atoms with Gasteiger partial charge in [-0.15, -0.1) is 0 Å². The van der Waals surface area contributed by atoms with Crippen molar-refractivity contribution in [2.24, 2.45) is 0 Å². The van der Waals surface area contributed by atoms with Crippen LogP contribution in [-0.2, 0) is 6.54 Å². The van der Waals surface area contributed by atoms with Crippen LogP contribution in [0, 0.1) is 0 Å². The van der Waals surface area contributed by atoms with Crippen LogP contribution >= 0.6 is 0 Å². The van der Waals surface area contributed by atoms with E-state index in [1.54, 1.807) is 0 Å². The number of hydrogen-bond donors (Lipinski definition) is 1. The van der Waals surface area contributed by atoms with Gasteiger partial charge in [-0.2, -0.15) is 0 Å². The first-order chi connectivity index (χ1) is 10.8. The Hall–Kier alpha value is -2.87. The highest BCUT2D eigenvalue weighted by atomic mass is 16.1. The van der Waals surface area contributed by atoms with Gasteiger partial charge in [-0.3, -0.25) is 4.79 Å². The second kappa shape index (κ2) is 6.72. The molecule has 108 valence electrons. The maximum Gasteiger partial charge on any atom is 0.195 e. The highest BCUT2D eigenvalue weighted by Crippen LogP contribution is 2.20. The van der Waals surface area contributed by atoms with E-state index in [1.165, 1.54) is 5.56 Å². The molecule has 0 aliphatic heterocycles. The number of ketones is 1. The Morgan fingerprint density at radius 1 is 0.727 bits per heavy atom. The van der Waals surface area contributed by atoms with E-state index >= 15 is 0 Å². The van der Waals surface area contributed by atoms with Crippen LogP contribution in [0.15, 0.2) is 84.9 Å². The fourth-order valence-corrected chi connectivity index (χ4v) is 2.37. The lowest BCUT2D eigenvalue weighted by atomic mass is 10.0. The van der Waals surface area contributed by atoms with Crippen molar-refractivity contribution < 1.29 is 4.79 Å². The first-order valence-corrected chi connectivity index (χ1v) is 7.31. The molecule has 0 aromatic heterocycles. The molecular formula is C20H17NO. The first-order valence-electron chi connectivity index (χ1n) is 7.31. The summed E-state index contributed by atoms with van der Waals surface area (Å²) in [5.74, 6) is 0.0387. The zero-order valence-corrected chi connectivity index (χ0v) is 12.2. The number of hydrogen-bond acceptors (Lipinski definition) is 2. The molecule has 3 aromatic carbocycles. The van der Waals surface area contributed by atoms with Gasteiger partial charge in [0.15, 0.2) is 5.78 Å². The average Bonchev–Trinajstić information content (AvgIpc) is 2.61. The highest BCUT2D eigenvalue weighted by molar-refractivity contribution is 6.12. The number of anilines is 1. The first kappa shape index (κ1) is 14.1. The van der Waals surface area contributed by atoms with Crippen molar-refractivity contribution in [2.45, 2.75) is 6.54 Å². The molecule has 2 heteroatoms. The van der Waals surface area contributed by atoms with Crippen molar-refractivity contribution in [3.63, 3.8) is 0 Å². The fourth-order valence-electron chi connectivity index (χ4n) is 2.37. The minimum absolute atomic E-state index is 0.0387. The molecule has 3 aromatic rings. The lowest BCUT2D eigenvalue weighted by Gasteiger charge is -2.11. The maximum absolute atomic E-state index is 12.6. The molecule has 0 unspecified atom stereocenters. The normalized spacial score (nSPS) is 10.2. The molecule has 0 saturated carbocycles. The van der Waals surface area contributed by atoms with Crippen molar-refractivity contribution in [1.82, 2.24) is 0 Å². The minimum atomic E-state index is 0.0387. The van der Waals surface area contributed by atoms with Crippen molar-refractivity contribution >= 4 is 11.5 Å². The Morgan fingerprint density at radius 3 is 2.05 bits per heavy atom. The average molecular weight is 287 g/mol. The molecule has 0 aliphatic carbocycles. The summed E-state index contributed by atoms with van der Waals surface area (Å²) in [6.07, 6.45) is 0. The van der Waals surface area contributed by atoms with E-state index in [1.807, 2.05) is 72.8 Å². The van der Waals surface area contributed by atoms with Gasteiger partial charge in [0.1, 0.15) is 0 Å². The molecule has 0 spiro atoms. The number of carbonyl (C=O) groups excluding carboxylic acids is 1. The van der Waals surface area contributed by atoms with Crippen LogP contribution in [0.1, 0.15) is 21.5 Å².